The molecule has 4 amide bonds. The highest BCUT2D eigenvalue weighted by atomic mass is 19.4. The first kappa shape index (κ1) is 26.3. The van der Waals surface area contributed by atoms with Crippen molar-refractivity contribution in [3.8, 4) is 22.5 Å². The molecule has 1 aromatic carbocycles. The Morgan fingerprint density at radius 3 is 2.49 bits per heavy atom. The average Bonchev–Trinajstić information content (AvgIpc) is 3.51. The Bertz CT molecular complexity index is 1620. The van der Waals surface area contributed by atoms with Gasteiger partial charge in [0.05, 0.1) is 6.54 Å². The van der Waals surface area contributed by atoms with Crippen molar-refractivity contribution in [3.05, 3.63) is 59.6 Å². The molecule has 6 rings (SSSR count). The van der Waals surface area contributed by atoms with Gasteiger partial charge in [-0.3, -0.25) is 29.4 Å². The van der Waals surface area contributed by atoms with Gasteiger partial charge >= 0.3 is 6.18 Å². The number of carbonyl (C=O) groups excluding carboxylic acids is 4. The Hall–Kier alpha value is -4.95. The Labute approximate surface area is 229 Å². The first-order valence-corrected chi connectivity index (χ1v) is 12.6. The van der Waals surface area contributed by atoms with Crippen molar-refractivity contribution in [1.82, 2.24) is 35.2 Å². The van der Waals surface area contributed by atoms with Crippen LogP contribution in [0.2, 0.25) is 0 Å². The van der Waals surface area contributed by atoms with Crippen molar-refractivity contribution in [2.45, 2.75) is 44.4 Å². The molecule has 0 bridgehead atoms. The predicted molar refractivity (Wildman–Crippen MR) is 130 cm³/mol. The number of amides is 4. The van der Waals surface area contributed by atoms with Gasteiger partial charge in [-0.25, -0.2) is 9.97 Å². The van der Waals surface area contributed by atoms with Gasteiger partial charge < -0.3 is 9.42 Å². The second kappa shape index (κ2) is 9.91. The zero-order valence-corrected chi connectivity index (χ0v) is 21.1. The first-order chi connectivity index (χ1) is 19.6. The van der Waals surface area contributed by atoms with E-state index < -0.39 is 41.7 Å². The van der Waals surface area contributed by atoms with E-state index in [-0.39, 0.29) is 36.8 Å². The minimum absolute atomic E-state index is 0.0275. The average molecular weight is 567 g/mol. The van der Waals surface area contributed by atoms with E-state index in [0.29, 0.717) is 41.6 Å². The number of piperidine rings is 1. The molecule has 3 aliphatic rings. The van der Waals surface area contributed by atoms with Crippen LogP contribution < -0.4 is 5.32 Å². The summed E-state index contributed by atoms with van der Waals surface area (Å²) in [6.45, 7) is 0.461. The molecule has 1 N–H and O–H groups in total. The molecule has 0 radical (unpaired) electrons. The fourth-order valence-corrected chi connectivity index (χ4v) is 5.12. The van der Waals surface area contributed by atoms with Crippen molar-refractivity contribution in [3.63, 3.8) is 0 Å². The van der Waals surface area contributed by atoms with E-state index in [1.807, 2.05) is 0 Å². The van der Waals surface area contributed by atoms with E-state index in [0.717, 1.165) is 17.3 Å². The number of carbonyl (C=O) groups is 4. The lowest BCUT2D eigenvalue weighted by molar-refractivity contribution is -0.150. The fraction of sp³-hybridized carbons (Fsp3) is 0.308. The molecule has 0 spiro atoms. The van der Waals surface area contributed by atoms with Crippen LogP contribution >= 0.6 is 0 Å². The third kappa shape index (κ3) is 4.83. The van der Waals surface area contributed by atoms with Crippen LogP contribution in [-0.2, 0) is 31.9 Å². The van der Waals surface area contributed by atoms with Crippen molar-refractivity contribution in [2.75, 3.05) is 6.54 Å². The summed E-state index contributed by atoms with van der Waals surface area (Å²) in [7, 11) is 0. The summed E-state index contributed by atoms with van der Waals surface area (Å²) in [5.41, 5.74) is 1.90. The molecule has 1 unspecified atom stereocenters. The maximum atomic E-state index is 13.4. The van der Waals surface area contributed by atoms with Crippen LogP contribution in [0.1, 0.15) is 37.4 Å². The SMILES string of the molecule is O=C1CCC(N2C(=O)C3=C(C2=O)N(Cc2nc(-c4cccc(-c5cnc(C(F)(F)F)nc5)c4)no2)CCC3)C(=O)N1. The third-order valence-electron chi connectivity index (χ3n) is 7.03. The highest BCUT2D eigenvalue weighted by Gasteiger charge is 2.48. The van der Waals surface area contributed by atoms with Crippen molar-refractivity contribution < 1.29 is 36.9 Å². The fourth-order valence-electron chi connectivity index (χ4n) is 5.12. The van der Waals surface area contributed by atoms with Gasteiger partial charge in [-0.2, -0.15) is 18.2 Å². The molecule has 1 fully saturated rings. The molecule has 210 valence electrons. The number of hydrogen-bond acceptors (Lipinski definition) is 10. The van der Waals surface area contributed by atoms with Gasteiger partial charge in [-0.15, -0.1) is 0 Å². The molecule has 12 nitrogen and oxygen atoms in total. The van der Waals surface area contributed by atoms with E-state index >= 15 is 0 Å². The lowest BCUT2D eigenvalue weighted by Crippen LogP contribution is -2.55. The van der Waals surface area contributed by atoms with E-state index in [4.69, 9.17) is 4.52 Å². The summed E-state index contributed by atoms with van der Waals surface area (Å²) in [6, 6.07) is 5.64. The Balaban J connectivity index is 1.20. The molecule has 1 atom stereocenters. The number of benzene rings is 1. The predicted octanol–water partition coefficient (Wildman–Crippen LogP) is 2.24. The minimum Gasteiger partial charge on any atom is -0.357 e. The number of alkyl halides is 3. The summed E-state index contributed by atoms with van der Waals surface area (Å²) in [4.78, 5) is 64.2. The van der Waals surface area contributed by atoms with Crippen molar-refractivity contribution >= 4 is 23.6 Å². The molecule has 15 heteroatoms. The number of halogens is 3. The lowest BCUT2D eigenvalue weighted by Gasteiger charge is -2.29. The summed E-state index contributed by atoms with van der Waals surface area (Å²) < 4.78 is 43.8. The van der Waals surface area contributed by atoms with Crippen molar-refractivity contribution in [1.29, 1.82) is 0 Å². The van der Waals surface area contributed by atoms with Crippen LogP contribution in [0.3, 0.4) is 0 Å². The number of hydrogen-bond donors (Lipinski definition) is 1. The first-order valence-electron chi connectivity index (χ1n) is 12.6. The Morgan fingerprint density at radius 1 is 1.00 bits per heavy atom. The number of nitrogens with zero attached hydrogens (tertiary/aromatic N) is 6. The molecule has 0 saturated carbocycles. The number of aromatic nitrogens is 4. The molecule has 41 heavy (non-hydrogen) atoms. The Kier molecular flexibility index (Phi) is 6.35. The van der Waals surface area contributed by atoms with E-state index in [1.165, 1.54) is 0 Å². The lowest BCUT2D eigenvalue weighted by atomic mass is 10.0. The van der Waals surface area contributed by atoms with Crippen LogP contribution in [0.4, 0.5) is 13.2 Å². The Morgan fingerprint density at radius 2 is 1.76 bits per heavy atom. The summed E-state index contributed by atoms with van der Waals surface area (Å²) in [5, 5.41) is 6.18. The maximum Gasteiger partial charge on any atom is 0.451 e. The summed E-state index contributed by atoms with van der Waals surface area (Å²) >= 11 is 0. The number of imide groups is 2. The quantitative estimate of drug-likeness (QED) is 0.455. The van der Waals surface area contributed by atoms with Gasteiger partial charge in [0.2, 0.25) is 29.4 Å². The normalized spacial score (nSPS) is 19.6. The monoisotopic (exact) mass is 567 g/mol. The number of nitrogens with one attached hydrogen (secondary N) is 1. The highest BCUT2D eigenvalue weighted by Crippen LogP contribution is 2.35. The zero-order valence-electron chi connectivity index (χ0n) is 21.1. The van der Waals surface area contributed by atoms with Crippen LogP contribution in [-0.4, -0.2) is 66.1 Å². The van der Waals surface area contributed by atoms with Crippen molar-refractivity contribution in [2.24, 2.45) is 0 Å². The number of rotatable bonds is 5. The summed E-state index contributed by atoms with van der Waals surface area (Å²) in [5.74, 6) is -3.14. The highest BCUT2D eigenvalue weighted by molar-refractivity contribution is 6.21. The van der Waals surface area contributed by atoms with Gasteiger partial charge in [-0.05, 0) is 30.9 Å². The van der Waals surface area contributed by atoms with Crippen LogP contribution in [0.5, 0.6) is 0 Å². The second-order valence-electron chi connectivity index (χ2n) is 9.69. The second-order valence-corrected chi connectivity index (χ2v) is 9.69. The standard InChI is InChI=1S/C26H20F3N7O5/c27-26(28,29)25-30-10-15(11-31-25)13-3-1-4-14(9-13)21-33-19(41-34-21)12-35-8-2-5-16-20(35)24(40)36(23(16)39)17-6-7-18(37)32-22(17)38/h1,3-4,9-11,17H,2,5-8,12H2,(H,32,37,38). The smallest absolute Gasteiger partial charge is 0.357 e. The molecule has 3 aromatic rings. The van der Waals surface area contributed by atoms with Crippen LogP contribution in [0.25, 0.3) is 22.5 Å². The molecular weight excluding hydrogens is 547 g/mol. The van der Waals surface area contributed by atoms with Gasteiger partial charge in [0, 0.05) is 42.1 Å². The zero-order chi connectivity index (χ0) is 28.9. The summed E-state index contributed by atoms with van der Waals surface area (Å²) in [6.07, 6.45) is -1.44. The molecule has 2 aromatic heterocycles. The van der Waals surface area contributed by atoms with Gasteiger partial charge in [0.25, 0.3) is 11.8 Å². The van der Waals surface area contributed by atoms with E-state index in [2.05, 4.69) is 25.4 Å². The molecular formula is C26H20F3N7O5. The molecule has 3 aliphatic heterocycles. The van der Waals surface area contributed by atoms with Crippen LogP contribution in [0.15, 0.2) is 52.5 Å². The third-order valence-corrected chi connectivity index (χ3v) is 7.03. The van der Waals surface area contributed by atoms with E-state index in [1.54, 1.807) is 29.2 Å². The molecule has 5 heterocycles. The minimum atomic E-state index is -4.65. The van der Waals surface area contributed by atoms with E-state index in [9.17, 15) is 32.3 Å². The molecule has 0 aliphatic carbocycles. The largest absolute Gasteiger partial charge is 0.451 e. The van der Waals surface area contributed by atoms with Gasteiger partial charge in [-0.1, -0.05) is 23.4 Å². The molecule has 1 saturated heterocycles. The van der Waals surface area contributed by atoms with Crippen LogP contribution in [0, 0.1) is 0 Å². The van der Waals surface area contributed by atoms with Gasteiger partial charge in [0.1, 0.15) is 11.7 Å². The van der Waals surface area contributed by atoms with Gasteiger partial charge in [0.15, 0.2) is 0 Å². The topological polar surface area (TPSA) is 151 Å². The maximum absolute atomic E-state index is 13.4.